The summed E-state index contributed by atoms with van der Waals surface area (Å²) < 4.78 is 0.951. The molecule has 1 aliphatic heterocycles. The maximum atomic E-state index is 11.8. The lowest BCUT2D eigenvalue weighted by atomic mass is 9.98. The Labute approximate surface area is 101 Å². The molecule has 2 nitrogen and oxygen atoms in total. The Morgan fingerprint density at radius 3 is 2.75 bits per heavy atom. The Kier molecular flexibility index (Phi) is 2.14. The number of halogens is 1. The lowest BCUT2D eigenvalue weighted by molar-refractivity contribution is 0.100. The van der Waals surface area contributed by atoms with Crippen molar-refractivity contribution in [2.75, 3.05) is 0 Å². The molecule has 3 heteroatoms. The van der Waals surface area contributed by atoms with Crippen LogP contribution in [-0.2, 0) is 0 Å². The molecule has 0 fully saturated rings. The lowest BCUT2D eigenvalue weighted by Gasteiger charge is -2.12. The minimum absolute atomic E-state index is 0.136. The standard InChI is InChI=1S/C13H8BrNO/c14-11-7-10-12(16)5-6-15-13(10)9-4-2-1-3-8(9)11/h1-4,6-7H,5H2. The third kappa shape index (κ3) is 1.32. The van der Waals surface area contributed by atoms with Gasteiger partial charge >= 0.3 is 0 Å². The first-order chi connectivity index (χ1) is 7.77. The molecule has 16 heavy (non-hydrogen) atoms. The van der Waals surface area contributed by atoms with E-state index in [1.807, 2.05) is 30.3 Å². The van der Waals surface area contributed by atoms with Crippen LogP contribution in [-0.4, -0.2) is 12.0 Å². The van der Waals surface area contributed by atoms with Crippen molar-refractivity contribution in [3.63, 3.8) is 0 Å². The number of ketones is 1. The molecular weight excluding hydrogens is 266 g/mol. The van der Waals surface area contributed by atoms with Crippen molar-refractivity contribution < 1.29 is 4.79 Å². The van der Waals surface area contributed by atoms with Gasteiger partial charge in [0.05, 0.1) is 5.69 Å². The van der Waals surface area contributed by atoms with Crippen molar-refractivity contribution in [3.05, 3.63) is 40.4 Å². The molecule has 78 valence electrons. The van der Waals surface area contributed by atoms with Gasteiger partial charge in [-0.2, -0.15) is 0 Å². The highest BCUT2D eigenvalue weighted by atomic mass is 79.9. The smallest absolute Gasteiger partial charge is 0.170 e. The van der Waals surface area contributed by atoms with Gasteiger partial charge in [0.1, 0.15) is 0 Å². The summed E-state index contributed by atoms with van der Waals surface area (Å²) in [4.78, 5) is 16.1. The van der Waals surface area contributed by atoms with E-state index >= 15 is 0 Å². The van der Waals surface area contributed by atoms with E-state index in [9.17, 15) is 4.79 Å². The Balaban J connectivity index is 2.49. The summed E-state index contributed by atoms with van der Waals surface area (Å²) in [6.45, 7) is 0. The van der Waals surface area contributed by atoms with Crippen LogP contribution in [0.4, 0.5) is 5.69 Å². The molecular formula is C13H8BrNO. The second-order valence-electron chi connectivity index (χ2n) is 3.74. The quantitative estimate of drug-likeness (QED) is 0.716. The van der Waals surface area contributed by atoms with Crippen LogP contribution in [0.5, 0.6) is 0 Å². The summed E-state index contributed by atoms with van der Waals surface area (Å²) in [5, 5.41) is 2.12. The first-order valence-corrected chi connectivity index (χ1v) is 5.83. The van der Waals surface area contributed by atoms with Gasteiger partial charge < -0.3 is 0 Å². The van der Waals surface area contributed by atoms with Crippen LogP contribution in [0.15, 0.2) is 39.8 Å². The monoisotopic (exact) mass is 273 g/mol. The average molecular weight is 274 g/mol. The first-order valence-electron chi connectivity index (χ1n) is 5.04. The third-order valence-electron chi connectivity index (χ3n) is 2.76. The molecule has 0 bridgehead atoms. The summed E-state index contributed by atoms with van der Waals surface area (Å²) >= 11 is 3.50. The van der Waals surface area contributed by atoms with Crippen LogP contribution in [0.1, 0.15) is 16.8 Å². The van der Waals surface area contributed by atoms with Crippen LogP contribution < -0.4 is 0 Å². The van der Waals surface area contributed by atoms with Gasteiger partial charge in [0.25, 0.3) is 0 Å². The van der Waals surface area contributed by atoms with Gasteiger partial charge in [-0.1, -0.05) is 40.2 Å². The fraction of sp³-hybridized carbons (Fsp3) is 0.0769. The van der Waals surface area contributed by atoms with Crippen molar-refractivity contribution in [1.29, 1.82) is 0 Å². The van der Waals surface area contributed by atoms with Gasteiger partial charge in [-0.15, -0.1) is 0 Å². The fourth-order valence-electron chi connectivity index (χ4n) is 2.00. The van der Waals surface area contributed by atoms with Gasteiger partial charge in [0.15, 0.2) is 5.78 Å². The normalized spacial score (nSPS) is 14.2. The van der Waals surface area contributed by atoms with E-state index < -0.39 is 0 Å². The second kappa shape index (κ2) is 3.52. The van der Waals surface area contributed by atoms with E-state index in [2.05, 4.69) is 20.9 Å². The highest BCUT2D eigenvalue weighted by molar-refractivity contribution is 9.10. The molecule has 0 radical (unpaired) electrons. The number of hydrogen-bond acceptors (Lipinski definition) is 2. The summed E-state index contributed by atoms with van der Waals surface area (Å²) in [5.74, 6) is 0.136. The zero-order chi connectivity index (χ0) is 11.1. The third-order valence-corrected chi connectivity index (χ3v) is 3.42. The van der Waals surface area contributed by atoms with E-state index in [4.69, 9.17) is 0 Å². The van der Waals surface area contributed by atoms with E-state index in [-0.39, 0.29) is 5.78 Å². The molecule has 1 heterocycles. The predicted octanol–water partition coefficient (Wildman–Crippen LogP) is 3.89. The summed E-state index contributed by atoms with van der Waals surface area (Å²) in [5.41, 5.74) is 1.52. The van der Waals surface area contributed by atoms with E-state index in [1.54, 1.807) is 6.21 Å². The molecule has 2 aromatic carbocycles. The Morgan fingerprint density at radius 2 is 1.94 bits per heavy atom. The number of hydrogen-bond donors (Lipinski definition) is 0. The van der Waals surface area contributed by atoms with Gasteiger partial charge in [0.2, 0.25) is 0 Å². The number of carbonyl (C=O) groups is 1. The fourth-order valence-corrected chi connectivity index (χ4v) is 2.57. The predicted molar refractivity (Wildman–Crippen MR) is 68.7 cm³/mol. The Hall–Kier alpha value is -1.48. The minimum Gasteiger partial charge on any atom is -0.294 e. The van der Waals surface area contributed by atoms with Crippen molar-refractivity contribution >= 4 is 44.4 Å². The summed E-state index contributed by atoms with van der Waals surface area (Å²) in [6, 6.07) is 9.83. The largest absolute Gasteiger partial charge is 0.294 e. The van der Waals surface area contributed by atoms with Crippen molar-refractivity contribution in [2.24, 2.45) is 4.99 Å². The number of benzene rings is 2. The van der Waals surface area contributed by atoms with Crippen LogP contribution in [0.25, 0.3) is 10.8 Å². The minimum atomic E-state index is 0.136. The molecule has 0 amide bonds. The van der Waals surface area contributed by atoms with Crippen LogP contribution in [0.2, 0.25) is 0 Å². The van der Waals surface area contributed by atoms with Gasteiger partial charge in [0, 0.05) is 28.1 Å². The molecule has 0 N–H and O–H groups in total. The molecule has 3 rings (SSSR count). The SMILES string of the molecule is O=C1CC=Nc2c1cc(Br)c1ccccc21. The Bertz CT molecular complexity index is 631. The molecule has 0 saturated carbocycles. The van der Waals surface area contributed by atoms with Crippen LogP contribution in [0.3, 0.4) is 0 Å². The first kappa shape index (κ1) is 9.73. The van der Waals surface area contributed by atoms with E-state index in [1.165, 1.54) is 0 Å². The maximum absolute atomic E-state index is 11.8. The average Bonchev–Trinajstić information content (AvgIpc) is 2.31. The van der Waals surface area contributed by atoms with E-state index in [0.717, 1.165) is 20.9 Å². The molecule has 0 atom stereocenters. The van der Waals surface area contributed by atoms with Gasteiger partial charge in [-0.25, -0.2) is 0 Å². The van der Waals surface area contributed by atoms with E-state index in [0.29, 0.717) is 12.0 Å². The highest BCUT2D eigenvalue weighted by Crippen LogP contribution is 2.37. The van der Waals surface area contributed by atoms with Gasteiger partial charge in [-0.3, -0.25) is 9.79 Å². The summed E-state index contributed by atoms with van der Waals surface area (Å²) in [7, 11) is 0. The zero-order valence-electron chi connectivity index (χ0n) is 8.40. The lowest BCUT2D eigenvalue weighted by Crippen LogP contribution is -2.04. The topological polar surface area (TPSA) is 29.4 Å². The van der Waals surface area contributed by atoms with Crippen molar-refractivity contribution in [1.82, 2.24) is 0 Å². The van der Waals surface area contributed by atoms with Gasteiger partial charge in [-0.05, 0) is 11.5 Å². The summed E-state index contributed by atoms with van der Waals surface area (Å²) in [6.07, 6.45) is 2.09. The molecule has 1 aliphatic rings. The number of nitrogens with zero attached hydrogens (tertiary/aromatic N) is 1. The van der Waals surface area contributed by atoms with Crippen molar-refractivity contribution in [3.8, 4) is 0 Å². The second-order valence-corrected chi connectivity index (χ2v) is 4.59. The number of fused-ring (bicyclic) bond motifs is 3. The number of Topliss-reactive ketones (excluding diaryl/α,β-unsaturated/α-hetero) is 1. The van der Waals surface area contributed by atoms with Crippen molar-refractivity contribution in [2.45, 2.75) is 6.42 Å². The number of aliphatic imine (C=N–C) groups is 1. The maximum Gasteiger partial charge on any atom is 0.170 e. The van der Waals surface area contributed by atoms with Crippen LogP contribution in [0, 0.1) is 0 Å². The molecule has 0 saturated heterocycles. The molecule has 0 unspecified atom stereocenters. The Morgan fingerprint density at radius 1 is 1.19 bits per heavy atom. The highest BCUT2D eigenvalue weighted by Gasteiger charge is 2.18. The number of rotatable bonds is 0. The molecule has 0 spiro atoms. The zero-order valence-corrected chi connectivity index (χ0v) is 9.99. The molecule has 2 aromatic rings. The molecule has 0 aliphatic carbocycles. The van der Waals surface area contributed by atoms with Crippen LogP contribution >= 0.6 is 15.9 Å². The number of carbonyl (C=O) groups excluding carboxylic acids is 1. The molecule has 0 aromatic heterocycles.